The van der Waals surface area contributed by atoms with Gasteiger partial charge in [0.05, 0.1) is 25.6 Å². The summed E-state index contributed by atoms with van der Waals surface area (Å²) in [6, 6.07) is 17.9. The second kappa shape index (κ2) is 10.7. The first-order valence-corrected chi connectivity index (χ1v) is 10.1. The van der Waals surface area contributed by atoms with Gasteiger partial charge >= 0.3 is 5.97 Å². The molecule has 0 amide bonds. The van der Waals surface area contributed by atoms with Crippen molar-refractivity contribution in [3.05, 3.63) is 60.2 Å². The van der Waals surface area contributed by atoms with Crippen LogP contribution < -0.4 is 14.4 Å². The molecule has 5 nitrogen and oxygen atoms in total. The summed E-state index contributed by atoms with van der Waals surface area (Å²) < 4.78 is 17.1. The first-order valence-electron chi connectivity index (χ1n) is 10.1. The zero-order chi connectivity index (χ0) is 19.6. The van der Waals surface area contributed by atoms with Crippen LogP contribution in [0.3, 0.4) is 0 Å². The van der Waals surface area contributed by atoms with Crippen molar-refractivity contribution in [3.63, 3.8) is 0 Å². The number of esters is 1. The minimum Gasteiger partial charge on any atom is -0.485 e. The Morgan fingerprint density at radius 3 is 2.29 bits per heavy atom. The highest BCUT2D eigenvalue weighted by Gasteiger charge is 2.28. The summed E-state index contributed by atoms with van der Waals surface area (Å²) in [5.74, 6) is 1.57. The van der Waals surface area contributed by atoms with Gasteiger partial charge in [0.25, 0.3) is 0 Å². The third-order valence-electron chi connectivity index (χ3n) is 5.11. The summed E-state index contributed by atoms with van der Waals surface area (Å²) in [6.45, 7) is 6.36. The maximum absolute atomic E-state index is 11.8. The predicted octanol–water partition coefficient (Wildman–Crippen LogP) is 2.50. The van der Waals surface area contributed by atoms with Crippen LogP contribution in [0.5, 0.6) is 11.5 Å². The number of ether oxygens (including phenoxy) is 3. The number of para-hydroxylation sites is 2. The van der Waals surface area contributed by atoms with Crippen LogP contribution in [0.2, 0.25) is 0 Å². The fourth-order valence-corrected chi connectivity index (χ4v) is 3.50. The van der Waals surface area contributed by atoms with Gasteiger partial charge in [-0.3, -0.25) is 4.79 Å². The van der Waals surface area contributed by atoms with Gasteiger partial charge in [-0.2, -0.15) is 0 Å². The number of likely N-dealkylation sites (tertiary alicyclic amines) is 1. The van der Waals surface area contributed by atoms with Gasteiger partial charge in [-0.25, -0.2) is 0 Å². The zero-order valence-electron chi connectivity index (χ0n) is 16.6. The van der Waals surface area contributed by atoms with E-state index >= 15 is 0 Å². The van der Waals surface area contributed by atoms with Gasteiger partial charge in [-0.05, 0) is 24.6 Å². The lowest BCUT2D eigenvalue weighted by Gasteiger charge is -2.28. The molecule has 0 aliphatic carbocycles. The molecule has 28 heavy (non-hydrogen) atoms. The molecular weight excluding hydrogens is 354 g/mol. The van der Waals surface area contributed by atoms with Gasteiger partial charge in [0.2, 0.25) is 0 Å². The van der Waals surface area contributed by atoms with Crippen LogP contribution in [0.25, 0.3) is 0 Å². The maximum Gasteiger partial charge on any atom is 0.309 e. The molecule has 0 atom stereocenters. The molecular formula is C23H30NO4+. The van der Waals surface area contributed by atoms with Crippen LogP contribution in [-0.4, -0.2) is 38.8 Å². The second-order valence-corrected chi connectivity index (χ2v) is 7.10. The minimum absolute atomic E-state index is 0.0395. The third kappa shape index (κ3) is 5.99. The Morgan fingerprint density at radius 1 is 0.964 bits per heavy atom. The molecule has 5 heteroatoms. The third-order valence-corrected chi connectivity index (χ3v) is 5.11. The molecule has 1 aliphatic heterocycles. The molecule has 0 aromatic heterocycles. The molecule has 1 aliphatic rings. The zero-order valence-corrected chi connectivity index (χ0v) is 16.6. The molecule has 1 heterocycles. The Hall–Kier alpha value is -2.53. The van der Waals surface area contributed by atoms with E-state index in [1.807, 2.05) is 61.5 Å². The van der Waals surface area contributed by atoms with E-state index in [0.717, 1.165) is 49.5 Å². The molecule has 150 valence electrons. The Labute approximate surface area is 167 Å². The molecule has 1 fully saturated rings. The van der Waals surface area contributed by atoms with Gasteiger partial charge in [-0.15, -0.1) is 0 Å². The van der Waals surface area contributed by atoms with Crippen LogP contribution in [0.15, 0.2) is 54.6 Å². The highest BCUT2D eigenvalue weighted by atomic mass is 16.5. The fourth-order valence-electron chi connectivity index (χ4n) is 3.50. The largest absolute Gasteiger partial charge is 0.485 e. The number of piperidine rings is 1. The Kier molecular flexibility index (Phi) is 7.73. The Bertz CT molecular complexity index is 726. The van der Waals surface area contributed by atoms with Crippen molar-refractivity contribution < 1.29 is 23.9 Å². The van der Waals surface area contributed by atoms with Crippen LogP contribution in [0.1, 0.15) is 25.3 Å². The van der Waals surface area contributed by atoms with Crippen molar-refractivity contribution in [3.8, 4) is 11.5 Å². The summed E-state index contributed by atoms with van der Waals surface area (Å²) in [5, 5.41) is 0. The highest BCUT2D eigenvalue weighted by Crippen LogP contribution is 2.27. The lowest BCUT2D eigenvalue weighted by Crippen LogP contribution is -3.13. The summed E-state index contributed by atoms with van der Waals surface area (Å²) in [6.07, 6.45) is 1.79. The maximum atomic E-state index is 11.8. The van der Waals surface area contributed by atoms with Crippen molar-refractivity contribution in [2.45, 2.75) is 26.4 Å². The second-order valence-electron chi connectivity index (χ2n) is 7.10. The quantitative estimate of drug-likeness (QED) is 0.675. The smallest absolute Gasteiger partial charge is 0.309 e. The average molecular weight is 384 g/mol. The SMILES string of the molecule is CCOC(=O)C1CC[NH+](CCOc2ccccc2OCc2ccccc2)CC1. The van der Waals surface area contributed by atoms with Gasteiger partial charge in [0, 0.05) is 12.8 Å². The number of carbonyl (C=O) groups excluding carboxylic acids is 1. The van der Waals surface area contributed by atoms with E-state index in [9.17, 15) is 4.79 Å². The summed E-state index contributed by atoms with van der Waals surface area (Å²) in [4.78, 5) is 13.3. The number of carbonyl (C=O) groups is 1. The van der Waals surface area contributed by atoms with E-state index in [0.29, 0.717) is 19.8 Å². The van der Waals surface area contributed by atoms with E-state index in [1.165, 1.54) is 4.90 Å². The molecule has 0 unspecified atom stereocenters. The van der Waals surface area contributed by atoms with Crippen LogP contribution in [0, 0.1) is 5.92 Å². The van der Waals surface area contributed by atoms with Crippen molar-refractivity contribution >= 4 is 5.97 Å². The predicted molar refractivity (Wildman–Crippen MR) is 108 cm³/mol. The minimum atomic E-state index is -0.0395. The lowest BCUT2D eigenvalue weighted by molar-refractivity contribution is -0.905. The van der Waals surface area contributed by atoms with E-state index in [2.05, 4.69) is 0 Å². The first kappa shape index (κ1) is 20.2. The topological polar surface area (TPSA) is 49.2 Å². The lowest BCUT2D eigenvalue weighted by atomic mass is 9.97. The molecule has 1 N–H and O–H groups in total. The normalized spacial score (nSPS) is 19.0. The number of benzene rings is 2. The van der Waals surface area contributed by atoms with E-state index in [4.69, 9.17) is 14.2 Å². The number of nitrogens with one attached hydrogen (secondary N) is 1. The molecule has 2 aromatic carbocycles. The number of hydrogen-bond acceptors (Lipinski definition) is 4. The molecule has 0 saturated carbocycles. The summed E-state index contributed by atoms with van der Waals surface area (Å²) in [7, 11) is 0. The van der Waals surface area contributed by atoms with Crippen molar-refractivity contribution in [1.29, 1.82) is 0 Å². The summed E-state index contributed by atoms with van der Waals surface area (Å²) >= 11 is 0. The number of rotatable bonds is 9. The average Bonchev–Trinajstić information content (AvgIpc) is 2.74. The van der Waals surface area contributed by atoms with Crippen LogP contribution >= 0.6 is 0 Å². The van der Waals surface area contributed by atoms with Crippen molar-refractivity contribution in [2.75, 3.05) is 32.8 Å². The summed E-state index contributed by atoms with van der Waals surface area (Å²) in [5.41, 5.74) is 1.13. The van der Waals surface area contributed by atoms with Crippen LogP contribution in [-0.2, 0) is 16.1 Å². The van der Waals surface area contributed by atoms with E-state index in [-0.39, 0.29) is 11.9 Å². The molecule has 0 radical (unpaired) electrons. The van der Waals surface area contributed by atoms with Gasteiger partial charge in [-0.1, -0.05) is 42.5 Å². The standard InChI is InChI=1S/C23H29NO4/c1-2-26-23(25)20-12-14-24(15-13-20)16-17-27-21-10-6-7-11-22(21)28-18-19-8-4-3-5-9-19/h3-11,20H,2,12-18H2,1H3/p+1. The van der Waals surface area contributed by atoms with Gasteiger partial charge in [0.1, 0.15) is 19.8 Å². The molecule has 1 saturated heterocycles. The van der Waals surface area contributed by atoms with E-state index < -0.39 is 0 Å². The van der Waals surface area contributed by atoms with Crippen LogP contribution in [0.4, 0.5) is 0 Å². The Balaban J connectivity index is 1.42. The molecule has 3 rings (SSSR count). The van der Waals surface area contributed by atoms with E-state index in [1.54, 1.807) is 0 Å². The number of hydrogen-bond donors (Lipinski definition) is 1. The fraction of sp³-hybridized carbons (Fsp3) is 0.435. The Morgan fingerprint density at radius 2 is 1.61 bits per heavy atom. The molecule has 0 bridgehead atoms. The monoisotopic (exact) mass is 384 g/mol. The highest BCUT2D eigenvalue weighted by molar-refractivity contribution is 5.72. The van der Waals surface area contributed by atoms with Crippen molar-refractivity contribution in [2.24, 2.45) is 5.92 Å². The van der Waals surface area contributed by atoms with Gasteiger partial charge < -0.3 is 19.1 Å². The van der Waals surface area contributed by atoms with Gasteiger partial charge in [0.15, 0.2) is 11.5 Å². The molecule has 0 spiro atoms. The molecule has 2 aromatic rings. The van der Waals surface area contributed by atoms with Crippen molar-refractivity contribution in [1.82, 2.24) is 0 Å². The first-order chi connectivity index (χ1) is 13.8. The number of quaternary nitrogens is 1.